The molecule has 2 fully saturated rings. The number of fused-ring (bicyclic) bond motifs is 1. The number of carbonyl (C=O) groups is 1. The van der Waals surface area contributed by atoms with Gasteiger partial charge in [0.2, 0.25) is 0 Å². The van der Waals surface area contributed by atoms with Gasteiger partial charge in [-0.2, -0.15) is 26.3 Å². The van der Waals surface area contributed by atoms with Crippen LogP contribution in [0.25, 0.3) is 10.8 Å². The number of carbonyl (C=O) groups excluding carboxylic acids is 1. The number of ether oxygens (including phenoxy) is 1. The maximum atomic E-state index is 13.7. The van der Waals surface area contributed by atoms with E-state index in [1.54, 1.807) is 0 Å². The Bertz CT molecular complexity index is 1400. The van der Waals surface area contributed by atoms with Crippen molar-refractivity contribution in [3.05, 3.63) is 82.9 Å². The van der Waals surface area contributed by atoms with E-state index in [1.165, 1.54) is 4.90 Å². The quantitative estimate of drug-likeness (QED) is 0.306. The fourth-order valence-corrected chi connectivity index (χ4v) is 6.20. The van der Waals surface area contributed by atoms with Crippen LogP contribution in [0.2, 0.25) is 0 Å². The van der Waals surface area contributed by atoms with Crippen molar-refractivity contribution in [2.45, 2.75) is 50.9 Å². The predicted molar refractivity (Wildman–Crippen MR) is 152 cm³/mol. The van der Waals surface area contributed by atoms with Gasteiger partial charge in [-0.05, 0) is 54.8 Å². The normalized spacial score (nSPS) is 22.7. The van der Waals surface area contributed by atoms with Crippen LogP contribution in [0.4, 0.5) is 26.3 Å². The van der Waals surface area contributed by atoms with E-state index in [4.69, 9.17) is 4.74 Å². The van der Waals surface area contributed by atoms with Crippen molar-refractivity contribution in [2.75, 3.05) is 45.8 Å². The van der Waals surface area contributed by atoms with Crippen LogP contribution >= 0.6 is 0 Å². The van der Waals surface area contributed by atoms with Crippen molar-refractivity contribution in [2.24, 2.45) is 0 Å². The third kappa shape index (κ3) is 7.69. The number of hydrogen-bond donors (Lipinski definition) is 0. The summed E-state index contributed by atoms with van der Waals surface area (Å²) in [7, 11) is 0. The summed E-state index contributed by atoms with van der Waals surface area (Å²) in [5.41, 5.74) is -2.68. The Kier molecular flexibility index (Phi) is 9.06. The second kappa shape index (κ2) is 12.5. The van der Waals surface area contributed by atoms with Gasteiger partial charge in [-0.1, -0.05) is 42.5 Å². The van der Waals surface area contributed by atoms with Crippen molar-refractivity contribution in [3.8, 4) is 0 Å². The fourth-order valence-electron chi connectivity index (χ4n) is 6.20. The highest BCUT2D eigenvalue weighted by atomic mass is 19.4. The number of alkyl halides is 6. The highest BCUT2D eigenvalue weighted by Crippen LogP contribution is 2.37. The van der Waals surface area contributed by atoms with Gasteiger partial charge in [-0.3, -0.25) is 14.6 Å². The summed E-state index contributed by atoms with van der Waals surface area (Å²) in [6.07, 6.45) is -9.42. The Morgan fingerprint density at radius 1 is 0.767 bits per heavy atom. The van der Waals surface area contributed by atoms with Crippen LogP contribution in [0.15, 0.2) is 60.7 Å². The molecular formula is C32H35F6N3O2. The minimum absolute atomic E-state index is 0.0502. The molecule has 0 aromatic heterocycles. The Labute approximate surface area is 247 Å². The van der Waals surface area contributed by atoms with Gasteiger partial charge in [0.1, 0.15) is 0 Å². The second-order valence-corrected chi connectivity index (χ2v) is 11.7. The Balaban J connectivity index is 1.41. The van der Waals surface area contributed by atoms with Gasteiger partial charge in [0.15, 0.2) is 0 Å². The van der Waals surface area contributed by atoms with Gasteiger partial charge in [-0.25, -0.2) is 0 Å². The van der Waals surface area contributed by atoms with E-state index in [9.17, 15) is 31.1 Å². The summed E-state index contributed by atoms with van der Waals surface area (Å²) in [6.45, 7) is 8.27. The van der Waals surface area contributed by atoms with E-state index in [-0.39, 0.29) is 24.8 Å². The van der Waals surface area contributed by atoms with Crippen LogP contribution in [-0.4, -0.2) is 84.7 Å². The van der Waals surface area contributed by atoms with E-state index >= 15 is 0 Å². The van der Waals surface area contributed by atoms with E-state index in [0.29, 0.717) is 31.6 Å². The number of rotatable bonds is 6. The largest absolute Gasteiger partial charge is 0.416 e. The summed E-state index contributed by atoms with van der Waals surface area (Å²) in [4.78, 5) is 19.7. The molecule has 2 heterocycles. The van der Waals surface area contributed by atoms with Crippen molar-refractivity contribution in [3.63, 3.8) is 0 Å². The minimum Gasteiger partial charge on any atom is -0.373 e. The monoisotopic (exact) mass is 607 g/mol. The smallest absolute Gasteiger partial charge is 0.373 e. The van der Waals surface area contributed by atoms with E-state index in [2.05, 4.69) is 9.80 Å². The van der Waals surface area contributed by atoms with Crippen LogP contribution in [0, 0.1) is 0 Å². The summed E-state index contributed by atoms with van der Waals surface area (Å²) in [6, 6.07) is 14.4. The average Bonchev–Trinajstić information content (AvgIpc) is 2.94. The maximum absolute atomic E-state index is 13.7. The molecule has 1 amide bonds. The first-order chi connectivity index (χ1) is 20.3. The summed E-state index contributed by atoms with van der Waals surface area (Å²) in [5.74, 6) is -0.835. The van der Waals surface area contributed by atoms with Crippen molar-refractivity contribution in [1.82, 2.24) is 14.7 Å². The standard InChI is InChI=1S/C32H35F6N3O2/c1-21-18-40(19-22(2)43-21)10-9-39-11-12-41(29(20-39)14-23-7-8-24-5-3-4-6-25(24)13-23)30(42)26-15-27(31(33,34)35)17-28(16-26)32(36,37)38/h3-8,13,15-17,21-22,29H,9-12,14,18-20H2,1-2H3. The number of piperazine rings is 1. The first kappa shape index (κ1) is 31.3. The van der Waals surface area contributed by atoms with Crippen molar-refractivity contribution >= 4 is 16.7 Å². The fraction of sp³-hybridized carbons (Fsp3) is 0.469. The molecule has 2 aliphatic heterocycles. The molecule has 5 rings (SSSR count). The first-order valence-electron chi connectivity index (χ1n) is 14.4. The van der Waals surface area contributed by atoms with Crippen LogP contribution in [0.3, 0.4) is 0 Å². The molecule has 3 aromatic carbocycles. The maximum Gasteiger partial charge on any atom is 0.416 e. The molecule has 2 aliphatic rings. The molecule has 0 bridgehead atoms. The first-order valence-corrected chi connectivity index (χ1v) is 14.4. The molecule has 0 N–H and O–H groups in total. The molecule has 3 unspecified atom stereocenters. The lowest BCUT2D eigenvalue weighted by Crippen LogP contribution is -2.57. The lowest BCUT2D eigenvalue weighted by molar-refractivity contribution is -0.143. The molecule has 3 atom stereocenters. The SMILES string of the molecule is CC1CN(CCN2CCN(C(=O)c3cc(C(F)(F)F)cc(C(F)(F)F)c3)C(Cc3ccc4ccccc4c3)C2)CC(C)O1. The zero-order valence-corrected chi connectivity index (χ0v) is 24.1. The van der Waals surface area contributed by atoms with Crippen molar-refractivity contribution < 1.29 is 35.9 Å². The van der Waals surface area contributed by atoms with Crippen LogP contribution < -0.4 is 0 Å². The minimum atomic E-state index is -5.03. The number of benzene rings is 3. The predicted octanol–water partition coefficient (Wildman–Crippen LogP) is 6.36. The number of morpholine rings is 1. The molecule has 11 heteroatoms. The molecule has 0 radical (unpaired) electrons. The zero-order chi connectivity index (χ0) is 30.9. The molecule has 43 heavy (non-hydrogen) atoms. The highest BCUT2D eigenvalue weighted by molar-refractivity contribution is 5.95. The average molecular weight is 608 g/mol. The van der Waals surface area contributed by atoms with Gasteiger partial charge in [0.25, 0.3) is 5.91 Å². The Hall–Kier alpha value is -3.15. The Morgan fingerprint density at radius 2 is 1.37 bits per heavy atom. The van der Waals surface area contributed by atoms with E-state index in [1.807, 2.05) is 56.3 Å². The molecule has 232 valence electrons. The van der Waals surface area contributed by atoms with Gasteiger partial charge in [0.05, 0.1) is 23.3 Å². The topological polar surface area (TPSA) is 36.0 Å². The van der Waals surface area contributed by atoms with E-state index in [0.717, 1.165) is 42.5 Å². The van der Waals surface area contributed by atoms with Gasteiger partial charge < -0.3 is 9.64 Å². The third-order valence-corrected chi connectivity index (χ3v) is 8.18. The number of halogens is 6. The third-order valence-electron chi connectivity index (χ3n) is 8.18. The van der Waals surface area contributed by atoms with Gasteiger partial charge in [0, 0.05) is 57.4 Å². The second-order valence-electron chi connectivity index (χ2n) is 11.7. The Morgan fingerprint density at radius 3 is 2.00 bits per heavy atom. The molecule has 0 spiro atoms. The summed E-state index contributed by atoms with van der Waals surface area (Å²) in [5, 5.41) is 2.05. The molecule has 3 aromatic rings. The summed E-state index contributed by atoms with van der Waals surface area (Å²) < 4.78 is 87.2. The lowest BCUT2D eigenvalue weighted by atomic mass is 9.97. The van der Waals surface area contributed by atoms with E-state index < -0.39 is 41.0 Å². The molecule has 5 nitrogen and oxygen atoms in total. The highest BCUT2D eigenvalue weighted by Gasteiger charge is 2.39. The van der Waals surface area contributed by atoms with Crippen molar-refractivity contribution in [1.29, 1.82) is 0 Å². The molecular weight excluding hydrogens is 572 g/mol. The molecule has 2 saturated heterocycles. The zero-order valence-electron chi connectivity index (χ0n) is 24.1. The molecule has 0 aliphatic carbocycles. The summed E-state index contributed by atoms with van der Waals surface area (Å²) >= 11 is 0. The van der Waals surface area contributed by atoms with Gasteiger partial charge in [-0.15, -0.1) is 0 Å². The molecule has 0 saturated carbocycles. The number of amides is 1. The van der Waals surface area contributed by atoms with Crippen LogP contribution in [0.1, 0.15) is 40.9 Å². The number of nitrogens with zero attached hydrogens (tertiary/aromatic N) is 3. The van der Waals surface area contributed by atoms with Crippen LogP contribution in [-0.2, 0) is 23.5 Å². The number of hydrogen-bond acceptors (Lipinski definition) is 4. The van der Waals surface area contributed by atoms with Gasteiger partial charge >= 0.3 is 12.4 Å². The van der Waals surface area contributed by atoms with Crippen LogP contribution in [0.5, 0.6) is 0 Å². The lowest BCUT2D eigenvalue weighted by Gasteiger charge is -2.43.